The second-order valence-electron chi connectivity index (χ2n) is 3.74. The number of hydrogen-bond donors (Lipinski definition) is 1. The molecular weight excluding hydrogens is 268 g/mol. The Morgan fingerprint density at radius 2 is 2.00 bits per heavy atom. The highest BCUT2D eigenvalue weighted by Crippen LogP contribution is 2.15. The minimum atomic E-state index is -3.74. The zero-order valence-corrected chi connectivity index (χ0v) is 11.4. The van der Waals surface area contributed by atoms with E-state index in [0.29, 0.717) is 11.3 Å². The van der Waals surface area contributed by atoms with Gasteiger partial charge in [0.2, 0.25) is 10.0 Å². The third kappa shape index (κ3) is 3.69. The summed E-state index contributed by atoms with van der Waals surface area (Å²) in [7, 11) is -2.48. The quantitative estimate of drug-likeness (QED) is 0.826. The Kier molecular flexibility index (Phi) is 4.89. The molecule has 6 nitrogen and oxygen atoms in total. The molecule has 0 aliphatic carbocycles. The van der Waals surface area contributed by atoms with E-state index in [4.69, 9.17) is 5.26 Å². The van der Waals surface area contributed by atoms with E-state index in [1.54, 1.807) is 13.0 Å². The van der Waals surface area contributed by atoms with Gasteiger partial charge in [-0.05, 0) is 30.7 Å². The normalized spacial score (nSPS) is 12.3. The average molecular weight is 282 g/mol. The number of carbonyl (C=O) groups excluding carboxylic acids is 1. The fraction of sp³-hybridized carbons (Fsp3) is 0.333. The van der Waals surface area contributed by atoms with Gasteiger partial charge < -0.3 is 4.74 Å². The highest BCUT2D eigenvalue weighted by Gasteiger charge is 2.23. The molecule has 0 amide bonds. The number of esters is 1. The van der Waals surface area contributed by atoms with Crippen LogP contribution in [0, 0.1) is 11.3 Å². The third-order valence-electron chi connectivity index (χ3n) is 2.46. The van der Waals surface area contributed by atoms with E-state index >= 15 is 0 Å². The van der Waals surface area contributed by atoms with Crippen LogP contribution in [0.2, 0.25) is 0 Å². The number of hydrogen-bond acceptors (Lipinski definition) is 5. The van der Waals surface area contributed by atoms with E-state index in [1.807, 2.05) is 0 Å². The fourth-order valence-electron chi connectivity index (χ4n) is 1.41. The van der Waals surface area contributed by atoms with Crippen LogP contribution < -0.4 is 4.72 Å². The van der Waals surface area contributed by atoms with E-state index in [1.165, 1.54) is 31.4 Å². The molecule has 19 heavy (non-hydrogen) atoms. The first-order chi connectivity index (χ1) is 8.94. The number of anilines is 1. The van der Waals surface area contributed by atoms with Crippen molar-refractivity contribution in [3.63, 3.8) is 0 Å². The zero-order valence-electron chi connectivity index (χ0n) is 10.6. The van der Waals surface area contributed by atoms with Gasteiger partial charge in [0.25, 0.3) is 0 Å². The largest absolute Gasteiger partial charge is 0.465 e. The molecule has 0 saturated carbocycles. The van der Waals surface area contributed by atoms with Crippen LogP contribution in [0.25, 0.3) is 0 Å². The highest BCUT2D eigenvalue weighted by molar-refractivity contribution is 7.93. The Balaban J connectivity index is 2.90. The van der Waals surface area contributed by atoms with Gasteiger partial charge in [-0.25, -0.2) is 13.2 Å². The second-order valence-corrected chi connectivity index (χ2v) is 5.61. The van der Waals surface area contributed by atoms with Crippen molar-refractivity contribution < 1.29 is 17.9 Å². The van der Waals surface area contributed by atoms with Crippen LogP contribution in [0.5, 0.6) is 0 Å². The summed E-state index contributed by atoms with van der Waals surface area (Å²) in [5, 5.41) is 7.65. The number of rotatable bonds is 5. The molecule has 102 valence electrons. The average Bonchev–Trinajstić information content (AvgIpc) is 2.39. The van der Waals surface area contributed by atoms with Crippen LogP contribution in [-0.2, 0) is 14.8 Å². The summed E-state index contributed by atoms with van der Waals surface area (Å²) in [6, 6.07) is 7.49. The van der Waals surface area contributed by atoms with Crippen LogP contribution in [0.3, 0.4) is 0 Å². The number of carbonyl (C=O) groups is 1. The van der Waals surface area contributed by atoms with Crippen molar-refractivity contribution in [2.24, 2.45) is 0 Å². The van der Waals surface area contributed by atoms with Gasteiger partial charge in [-0.3, -0.25) is 4.72 Å². The third-order valence-corrected chi connectivity index (χ3v) is 4.16. The molecule has 1 aromatic carbocycles. The molecule has 0 spiro atoms. The number of methoxy groups -OCH3 is 1. The number of nitrogens with zero attached hydrogens (tertiary/aromatic N) is 1. The first-order valence-corrected chi connectivity index (χ1v) is 7.08. The van der Waals surface area contributed by atoms with Crippen molar-refractivity contribution in [2.75, 3.05) is 11.8 Å². The van der Waals surface area contributed by atoms with Crippen molar-refractivity contribution in [2.45, 2.75) is 18.6 Å². The van der Waals surface area contributed by atoms with Gasteiger partial charge in [0.1, 0.15) is 0 Å². The predicted octanol–water partition coefficient (Wildman–Crippen LogP) is 1.52. The van der Waals surface area contributed by atoms with Gasteiger partial charge in [0.15, 0.2) is 5.25 Å². The molecule has 0 saturated heterocycles. The fourth-order valence-corrected chi connectivity index (χ4v) is 2.59. The second kappa shape index (κ2) is 6.20. The summed E-state index contributed by atoms with van der Waals surface area (Å²) in [6.45, 7) is 1.62. The topological polar surface area (TPSA) is 96.3 Å². The summed E-state index contributed by atoms with van der Waals surface area (Å²) < 4.78 is 30.5. The molecule has 1 unspecified atom stereocenters. The van der Waals surface area contributed by atoms with Gasteiger partial charge in [-0.1, -0.05) is 6.92 Å². The van der Waals surface area contributed by atoms with Crippen molar-refractivity contribution >= 4 is 21.7 Å². The molecule has 1 N–H and O–H groups in total. The molecular formula is C12H14N2O4S. The number of ether oxygens (including phenoxy) is 1. The maximum absolute atomic E-state index is 11.8. The molecule has 0 heterocycles. The predicted molar refractivity (Wildman–Crippen MR) is 70.0 cm³/mol. The summed E-state index contributed by atoms with van der Waals surface area (Å²) >= 11 is 0. The van der Waals surface area contributed by atoms with Crippen LogP contribution >= 0.6 is 0 Å². The molecule has 1 atom stereocenters. The van der Waals surface area contributed by atoms with Crippen LogP contribution in [-0.4, -0.2) is 26.7 Å². The van der Waals surface area contributed by atoms with Crippen molar-refractivity contribution in [1.29, 1.82) is 5.26 Å². The van der Waals surface area contributed by atoms with Gasteiger partial charge in [0.05, 0.1) is 18.7 Å². The Morgan fingerprint density at radius 1 is 1.42 bits per heavy atom. The Morgan fingerprint density at radius 3 is 2.42 bits per heavy atom. The maximum Gasteiger partial charge on any atom is 0.337 e. The molecule has 0 radical (unpaired) electrons. The Labute approximate surface area is 112 Å². The van der Waals surface area contributed by atoms with Crippen molar-refractivity contribution in [3.8, 4) is 6.07 Å². The Bertz CT molecular complexity index is 587. The van der Waals surface area contributed by atoms with Gasteiger partial charge in [-0.15, -0.1) is 0 Å². The number of nitriles is 1. The van der Waals surface area contributed by atoms with Gasteiger partial charge >= 0.3 is 5.97 Å². The summed E-state index contributed by atoms with van der Waals surface area (Å²) in [4.78, 5) is 11.2. The molecule has 0 bridgehead atoms. The lowest BCUT2D eigenvalue weighted by Gasteiger charge is -2.11. The minimum Gasteiger partial charge on any atom is -0.465 e. The molecule has 1 aromatic rings. The molecule has 0 aliphatic heterocycles. The Hall–Kier alpha value is -2.07. The zero-order chi connectivity index (χ0) is 14.5. The highest BCUT2D eigenvalue weighted by atomic mass is 32.2. The maximum atomic E-state index is 11.8. The summed E-state index contributed by atoms with van der Waals surface area (Å²) in [5.74, 6) is -0.502. The number of sulfonamides is 1. The first kappa shape index (κ1) is 15.0. The lowest BCUT2D eigenvalue weighted by Crippen LogP contribution is -2.25. The number of nitrogens with one attached hydrogen (secondary N) is 1. The van der Waals surface area contributed by atoms with Crippen LogP contribution in [0.4, 0.5) is 5.69 Å². The lowest BCUT2D eigenvalue weighted by molar-refractivity contribution is 0.0601. The minimum absolute atomic E-state index is 0.200. The van der Waals surface area contributed by atoms with Gasteiger partial charge in [0, 0.05) is 5.69 Å². The van der Waals surface area contributed by atoms with E-state index in [0.717, 1.165) is 0 Å². The molecule has 1 rings (SSSR count). The standard InChI is InChI=1S/C12H14N2O4S/c1-3-11(8-13)19(16,17)14-10-6-4-9(5-7-10)12(15)18-2/h4-7,11,14H,3H2,1-2H3. The van der Waals surface area contributed by atoms with Crippen LogP contribution in [0.15, 0.2) is 24.3 Å². The van der Waals surface area contributed by atoms with Gasteiger partial charge in [-0.2, -0.15) is 5.26 Å². The van der Waals surface area contributed by atoms with E-state index < -0.39 is 21.2 Å². The molecule has 0 fully saturated rings. The monoisotopic (exact) mass is 282 g/mol. The smallest absolute Gasteiger partial charge is 0.337 e. The molecule has 0 aromatic heterocycles. The molecule has 7 heteroatoms. The summed E-state index contributed by atoms with van der Waals surface area (Å²) in [6.07, 6.45) is 0.200. The number of benzene rings is 1. The molecule has 0 aliphatic rings. The lowest BCUT2D eigenvalue weighted by atomic mass is 10.2. The summed E-state index contributed by atoms with van der Waals surface area (Å²) in [5.41, 5.74) is 0.610. The van der Waals surface area contributed by atoms with E-state index in [-0.39, 0.29) is 6.42 Å². The first-order valence-electron chi connectivity index (χ1n) is 5.54. The van der Waals surface area contributed by atoms with Crippen molar-refractivity contribution in [1.82, 2.24) is 0 Å². The van der Waals surface area contributed by atoms with Crippen LogP contribution in [0.1, 0.15) is 23.7 Å². The van der Waals surface area contributed by atoms with E-state index in [2.05, 4.69) is 9.46 Å². The van der Waals surface area contributed by atoms with Crippen molar-refractivity contribution in [3.05, 3.63) is 29.8 Å². The van der Waals surface area contributed by atoms with E-state index in [9.17, 15) is 13.2 Å². The SMILES string of the molecule is CCC(C#N)S(=O)(=O)Nc1ccc(C(=O)OC)cc1.